The number of carbonyl (C=O) groups excluding carboxylic acids is 1. The van der Waals surface area contributed by atoms with Gasteiger partial charge >= 0.3 is 6.09 Å². The second kappa shape index (κ2) is 6.62. The molecule has 4 heteroatoms. The Balaban J connectivity index is 2.41. The van der Waals surface area contributed by atoms with Gasteiger partial charge in [-0.2, -0.15) is 0 Å². The molecular formula is C13H24BrNO2. The molecule has 17 heavy (non-hydrogen) atoms. The Morgan fingerprint density at radius 2 is 2.00 bits per heavy atom. The van der Waals surface area contributed by atoms with Crippen molar-refractivity contribution < 1.29 is 9.53 Å². The van der Waals surface area contributed by atoms with Gasteiger partial charge in [0.25, 0.3) is 0 Å². The molecule has 0 aliphatic heterocycles. The number of alkyl carbamates (subject to hydrolysis) is 1. The first-order valence-electron chi connectivity index (χ1n) is 6.46. The van der Waals surface area contributed by atoms with Gasteiger partial charge in [0.15, 0.2) is 0 Å². The monoisotopic (exact) mass is 305 g/mol. The molecule has 0 radical (unpaired) electrons. The molecule has 2 atom stereocenters. The third-order valence-corrected chi connectivity index (χ3v) is 3.89. The highest BCUT2D eigenvalue weighted by Crippen LogP contribution is 2.25. The van der Waals surface area contributed by atoms with Gasteiger partial charge in [-0.3, -0.25) is 0 Å². The minimum Gasteiger partial charge on any atom is -0.444 e. The largest absolute Gasteiger partial charge is 0.444 e. The molecule has 1 aliphatic carbocycles. The standard InChI is InChI=1S/C13H24BrNO2/c1-13(2,3)17-12(16)15-11-7-5-4-6-10(8-11)9-14/h10-11H,4-9H2,1-3H3,(H,15,16). The lowest BCUT2D eigenvalue weighted by Gasteiger charge is -2.24. The average Bonchev–Trinajstić information content (AvgIpc) is 2.39. The Hall–Kier alpha value is -0.250. The van der Waals surface area contributed by atoms with Crippen LogP contribution in [-0.4, -0.2) is 23.1 Å². The molecule has 0 spiro atoms. The molecule has 0 heterocycles. The summed E-state index contributed by atoms with van der Waals surface area (Å²) in [5.74, 6) is 0.678. The first-order chi connectivity index (χ1) is 7.90. The second-order valence-electron chi connectivity index (χ2n) is 5.88. The Bertz CT molecular complexity index is 250. The van der Waals surface area contributed by atoms with Crippen molar-refractivity contribution in [3.63, 3.8) is 0 Å². The van der Waals surface area contributed by atoms with Crippen molar-refractivity contribution in [2.45, 2.75) is 64.5 Å². The van der Waals surface area contributed by atoms with E-state index in [1.165, 1.54) is 19.3 Å². The number of alkyl halides is 1. The van der Waals surface area contributed by atoms with Crippen LogP contribution in [-0.2, 0) is 4.74 Å². The minimum absolute atomic E-state index is 0.273. The molecule has 1 N–H and O–H groups in total. The van der Waals surface area contributed by atoms with Crippen LogP contribution in [0.1, 0.15) is 52.9 Å². The molecule has 1 rings (SSSR count). The number of ether oxygens (including phenoxy) is 1. The van der Waals surface area contributed by atoms with E-state index in [2.05, 4.69) is 21.2 Å². The molecule has 0 aromatic heterocycles. The lowest BCUT2D eigenvalue weighted by Crippen LogP contribution is -2.39. The van der Waals surface area contributed by atoms with Gasteiger partial charge in [0.2, 0.25) is 0 Å². The molecule has 1 saturated carbocycles. The summed E-state index contributed by atoms with van der Waals surface area (Å²) < 4.78 is 5.29. The van der Waals surface area contributed by atoms with Gasteiger partial charge in [-0.25, -0.2) is 4.79 Å². The first kappa shape index (κ1) is 14.8. The van der Waals surface area contributed by atoms with Gasteiger partial charge in [0.05, 0.1) is 0 Å². The fourth-order valence-electron chi connectivity index (χ4n) is 2.21. The molecule has 0 saturated heterocycles. The van der Waals surface area contributed by atoms with Crippen LogP contribution >= 0.6 is 15.9 Å². The number of hydrogen-bond acceptors (Lipinski definition) is 2. The quantitative estimate of drug-likeness (QED) is 0.621. The average molecular weight is 306 g/mol. The maximum Gasteiger partial charge on any atom is 0.407 e. The van der Waals surface area contributed by atoms with Crippen molar-refractivity contribution in [3.8, 4) is 0 Å². The van der Waals surface area contributed by atoms with E-state index in [0.29, 0.717) is 5.92 Å². The fourth-order valence-corrected chi connectivity index (χ4v) is 2.80. The summed E-state index contributed by atoms with van der Waals surface area (Å²) in [4.78, 5) is 11.7. The normalized spacial score (nSPS) is 26.1. The molecule has 1 aliphatic rings. The number of rotatable bonds is 2. The minimum atomic E-state index is -0.413. The molecule has 1 fully saturated rings. The summed E-state index contributed by atoms with van der Waals surface area (Å²) in [5.41, 5.74) is -0.413. The lowest BCUT2D eigenvalue weighted by atomic mass is 10.0. The molecule has 1 amide bonds. The predicted molar refractivity (Wildman–Crippen MR) is 73.5 cm³/mol. The van der Waals surface area contributed by atoms with Crippen molar-refractivity contribution in [2.75, 3.05) is 5.33 Å². The Kier molecular flexibility index (Phi) is 5.77. The van der Waals surface area contributed by atoms with Crippen LogP contribution in [0, 0.1) is 5.92 Å². The van der Waals surface area contributed by atoms with Gasteiger partial charge in [0.1, 0.15) is 5.60 Å². The number of halogens is 1. The van der Waals surface area contributed by atoms with E-state index in [1.54, 1.807) is 0 Å². The van der Waals surface area contributed by atoms with Crippen LogP contribution in [0.2, 0.25) is 0 Å². The number of carbonyl (C=O) groups is 1. The SMILES string of the molecule is CC(C)(C)OC(=O)NC1CCCCC(CBr)C1. The molecular weight excluding hydrogens is 282 g/mol. The van der Waals surface area contributed by atoms with Crippen LogP contribution in [0.5, 0.6) is 0 Å². The van der Waals surface area contributed by atoms with E-state index in [9.17, 15) is 4.79 Å². The van der Waals surface area contributed by atoms with E-state index < -0.39 is 5.60 Å². The first-order valence-corrected chi connectivity index (χ1v) is 7.58. The predicted octanol–water partition coefficient (Wildman–Crippen LogP) is 3.85. The van der Waals surface area contributed by atoms with Gasteiger partial charge in [0, 0.05) is 11.4 Å². The summed E-state index contributed by atoms with van der Waals surface area (Å²) in [5, 5.41) is 4.02. The highest BCUT2D eigenvalue weighted by Gasteiger charge is 2.23. The van der Waals surface area contributed by atoms with Gasteiger partial charge in [-0.15, -0.1) is 0 Å². The van der Waals surface area contributed by atoms with E-state index in [0.717, 1.165) is 18.2 Å². The highest BCUT2D eigenvalue weighted by molar-refractivity contribution is 9.09. The van der Waals surface area contributed by atoms with E-state index in [4.69, 9.17) is 4.74 Å². The second-order valence-corrected chi connectivity index (χ2v) is 6.53. The molecule has 2 unspecified atom stereocenters. The van der Waals surface area contributed by atoms with Crippen molar-refractivity contribution in [3.05, 3.63) is 0 Å². The molecule has 0 aromatic rings. The van der Waals surface area contributed by atoms with Crippen LogP contribution in [0.15, 0.2) is 0 Å². The summed E-state index contributed by atoms with van der Waals surface area (Å²) in [6, 6.07) is 0.273. The van der Waals surface area contributed by atoms with Crippen LogP contribution in [0.3, 0.4) is 0 Å². The van der Waals surface area contributed by atoms with E-state index in [-0.39, 0.29) is 12.1 Å². The Labute approximate surface area is 113 Å². The van der Waals surface area contributed by atoms with Crippen LogP contribution in [0.4, 0.5) is 4.79 Å². The lowest BCUT2D eigenvalue weighted by molar-refractivity contribution is 0.0497. The summed E-state index contributed by atoms with van der Waals surface area (Å²) in [6.07, 6.45) is 5.58. The topological polar surface area (TPSA) is 38.3 Å². The number of nitrogens with one attached hydrogen (secondary N) is 1. The third-order valence-electron chi connectivity index (χ3n) is 2.97. The van der Waals surface area contributed by atoms with E-state index in [1.807, 2.05) is 20.8 Å². The highest BCUT2D eigenvalue weighted by atomic mass is 79.9. The molecule has 0 aromatic carbocycles. The van der Waals surface area contributed by atoms with Gasteiger partial charge in [-0.1, -0.05) is 28.8 Å². The third kappa shape index (κ3) is 6.29. The smallest absolute Gasteiger partial charge is 0.407 e. The number of hydrogen-bond donors (Lipinski definition) is 1. The zero-order valence-electron chi connectivity index (χ0n) is 11.1. The maximum atomic E-state index is 11.7. The van der Waals surface area contributed by atoms with Crippen molar-refractivity contribution in [1.82, 2.24) is 5.32 Å². The van der Waals surface area contributed by atoms with E-state index >= 15 is 0 Å². The zero-order chi connectivity index (χ0) is 12.9. The number of amides is 1. The summed E-state index contributed by atoms with van der Waals surface area (Å²) in [7, 11) is 0. The van der Waals surface area contributed by atoms with Crippen LogP contribution in [0.25, 0.3) is 0 Å². The fraction of sp³-hybridized carbons (Fsp3) is 0.923. The van der Waals surface area contributed by atoms with Crippen molar-refractivity contribution >= 4 is 22.0 Å². The van der Waals surface area contributed by atoms with Crippen molar-refractivity contribution in [2.24, 2.45) is 5.92 Å². The summed E-state index contributed by atoms with van der Waals surface area (Å²) in [6.45, 7) is 5.67. The van der Waals surface area contributed by atoms with Gasteiger partial charge in [-0.05, 0) is 46.0 Å². The van der Waals surface area contributed by atoms with Gasteiger partial charge < -0.3 is 10.1 Å². The molecule has 0 bridgehead atoms. The summed E-state index contributed by atoms with van der Waals surface area (Å²) >= 11 is 3.54. The zero-order valence-corrected chi connectivity index (χ0v) is 12.7. The Morgan fingerprint density at radius 3 is 2.59 bits per heavy atom. The Morgan fingerprint density at radius 1 is 1.35 bits per heavy atom. The maximum absolute atomic E-state index is 11.7. The molecule has 3 nitrogen and oxygen atoms in total. The van der Waals surface area contributed by atoms with Crippen molar-refractivity contribution in [1.29, 1.82) is 0 Å². The van der Waals surface area contributed by atoms with Crippen LogP contribution < -0.4 is 5.32 Å². The molecule has 100 valence electrons.